The van der Waals surface area contributed by atoms with Crippen molar-refractivity contribution in [3.05, 3.63) is 82.1 Å². The summed E-state index contributed by atoms with van der Waals surface area (Å²) in [4.78, 5) is 20.0. The third kappa shape index (κ3) is 5.75. The molecule has 4 rings (SSSR count). The molecule has 2 N–H and O–H groups in total. The Kier molecular flexibility index (Phi) is 7.56. The Balaban J connectivity index is 1.51. The van der Waals surface area contributed by atoms with Crippen molar-refractivity contribution in [1.29, 1.82) is 5.26 Å². The first kappa shape index (κ1) is 24.1. The number of hydrogen-bond donors (Lipinski definition) is 2. The maximum Gasteiger partial charge on any atom is 0.262 e. The number of carbonyl (C=O) groups is 1. The van der Waals surface area contributed by atoms with Gasteiger partial charge < -0.3 is 19.8 Å². The standard InChI is InChI=1S/C26H20Cl2N4O3/c1-2-34-23-13-16(12-17(14-29)26-31-19-7-3-4-8-20(19)32-26)10-11-22(23)35-15-24(33)30-21-9-5-6-18(27)25(21)28/h3-13H,2,15H2,1H3,(H,30,33)(H,31,32)/b17-12+. The van der Waals surface area contributed by atoms with Gasteiger partial charge in [-0.15, -0.1) is 0 Å². The Bertz CT molecular complexity index is 1420. The van der Waals surface area contributed by atoms with Gasteiger partial charge in [0.05, 0.1) is 38.9 Å². The minimum Gasteiger partial charge on any atom is -0.490 e. The minimum absolute atomic E-state index is 0.256. The molecule has 0 fully saturated rings. The van der Waals surface area contributed by atoms with Crippen LogP contribution in [0, 0.1) is 11.3 Å². The molecule has 1 heterocycles. The first-order valence-corrected chi connectivity index (χ1v) is 11.4. The van der Waals surface area contributed by atoms with Crippen LogP contribution < -0.4 is 14.8 Å². The van der Waals surface area contributed by atoms with Crippen molar-refractivity contribution in [2.45, 2.75) is 6.92 Å². The molecule has 1 amide bonds. The molecule has 0 aliphatic carbocycles. The van der Waals surface area contributed by atoms with Gasteiger partial charge in [-0.2, -0.15) is 5.26 Å². The van der Waals surface area contributed by atoms with Crippen LogP contribution in [0.3, 0.4) is 0 Å². The third-order valence-electron chi connectivity index (χ3n) is 4.93. The van der Waals surface area contributed by atoms with Gasteiger partial charge >= 0.3 is 0 Å². The van der Waals surface area contributed by atoms with Crippen molar-refractivity contribution < 1.29 is 14.3 Å². The van der Waals surface area contributed by atoms with E-state index in [1.54, 1.807) is 42.5 Å². The smallest absolute Gasteiger partial charge is 0.262 e. The van der Waals surface area contributed by atoms with Gasteiger partial charge in [0.2, 0.25) is 0 Å². The van der Waals surface area contributed by atoms with Crippen LogP contribution in [-0.4, -0.2) is 29.1 Å². The maximum atomic E-state index is 12.4. The minimum atomic E-state index is -0.405. The summed E-state index contributed by atoms with van der Waals surface area (Å²) in [6, 6.07) is 19.9. The number of anilines is 1. The van der Waals surface area contributed by atoms with Gasteiger partial charge in [0.15, 0.2) is 18.1 Å². The number of aromatic nitrogens is 2. The first-order valence-electron chi connectivity index (χ1n) is 10.7. The molecule has 0 radical (unpaired) electrons. The lowest BCUT2D eigenvalue weighted by Crippen LogP contribution is -2.20. The van der Waals surface area contributed by atoms with Crippen LogP contribution in [-0.2, 0) is 4.79 Å². The zero-order chi connectivity index (χ0) is 24.8. The lowest BCUT2D eigenvalue weighted by Gasteiger charge is -2.13. The van der Waals surface area contributed by atoms with E-state index in [9.17, 15) is 10.1 Å². The number of aromatic amines is 1. The Labute approximate surface area is 211 Å². The topological polar surface area (TPSA) is 100 Å². The summed E-state index contributed by atoms with van der Waals surface area (Å²) in [6.07, 6.45) is 1.71. The fourth-order valence-electron chi connectivity index (χ4n) is 3.33. The number of nitrogens with one attached hydrogen (secondary N) is 2. The van der Waals surface area contributed by atoms with E-state index >= 15 is 0 Å². The highest BCUT2D eigenvalue weighted by molar-refractivity contribution is 6.44. The number of fused-ring (bicyclic) bond motifs is 1. The second-order valence-corrected chi connectivity index (χ2v) is 8.13. The Morgan fingerprint density at radius 2 is 1.94 bits per heavy atom. The van der Waals surface area contributed by atoms with Gasteiger partial charge in [-0.25, -0.2) is 4.98 Å². The highest BCUT2D eigenvalue weighted by Crippen LogP contribution is 2.31. The second-order valence-electron chi connectivity index (χ2n) is 7.35. The normalized spacial score (nSPS) is 11.2. The van der Waals surface area contributed by atoms with Gasteiger partial charge in [-0.1, -0.05) is 47.5 Å². The molecule has 4 aromatic rings. The number of hydrogen-bond acceptors (Lipinski definition) is 5. The van der Waals surface area contributed by atoms with Crippen LogP contribution in [0.5, 0.6) is 11.5 Å². The summed E-state index contributed by atoms with van der Waals surface area (Å²) in [5, 5.41) is 13.0. The van der Waals surface area contributed by atoms with Gasteiger partial charge in [0.25, 0.3) is 5.91 Å². The summed E-state index contributed by atoms with van der Waals surface area (Å²) < 4.78 is 11.4. The van der Waals surface area contributed by atoms with Crippen molar-refractivity contribution in [2.75, 3.05) is 18.5 Å². The third-order valence-corrected chi connectivity index (χ3v) is 5.75. The van der Waals surface area contributed by atoms with Gasteiger partial charge in [0, 0.05) is 0 Å². The molecule has 0 spiro atoms. The average molecular weight is 507 g/mol. The molecule has 9 heteroatoms. The molecular weight excluding hydrogens is 487 g/mol. The number of benzene rings is 3. The van der Waals surface area contributed by atoms with Crippen LogP contribution in [0.2, 0.25) is 10.0 Å². The van der Waals surface area contributed by atoms with Crippen molar-refractivity contribution >= 4 is 57.5 Å². The number of halogens is 2. The number of amides is 1. The lowest BCUT2D eigenvalue weighted by atomic mass is 10.1. The molecule has 3 aromatic carbocycles. The molecule has 0 aliphatic heterocycles. The van der Waals surface area contributed by atoms with Crippen LogP contribution in [0.25, 0.3) is 22.7 Å². The highest BCUT2D eigenvalue weighted by Gasteiger charge is 2.13. The SMILES string of the molecule is CCOc1cc(/C=C(\C#N)c2nc3ccccc3[nH]2)ccc1OCC(=O)Nc1cccc(Cl)c1Cl. The van der Waals surface area contributed by atoms with Crippen molar-refractivity contribution in [1.82, 2.24) is 9.97 Å². The number of ether oxygens (including phenoxy) is 2. The van der Waals surface area contributed by atoms with Gasteiger partial charge in [0.1, 0.15) is 11.9 Å². The van der Waals surface area contributed by atoms with E-state index in [1.807, 2.05) is 31.2 Å². The molecule has 0 bridgehead atoms. The van der Waals surface area contributed by atoms with E-state index in [4.69, 9.17) is 32.7 Å². The van der Waals surface area contributed by atoms with E-state index in [1.165, 1.54) is 0 Å². The van der Waals surface area contributed by atoms with Crippen LogP contribution in [0.1, 0.15) is 18.3 Å². The van der Waals surface area contributed by atoms with Crippen LogP contribution >= 0.6 is 23.2 Å². The van der Waals surface area contributed by atoms with Crippen molar-refractivity contribution in [3.8, 4) is 17.6 Å². The molecule has 0 saturated heterocycles. The lowest BCUT2D eigenvalue weighted by molar-refractivity contribution is -0.118. The number of nitrogens with zero attached hydrogens (tertiary/aromatic N) is 2. The predicted octanol–water partition coefficient (Wildman–Crippen LogP) is 6.35. The van der Waals surface area contributed by atoms with E-state index < -0.39 is 5.91 Å². The van der Waals surface area contributed by atoms with Gasteiger partial charge in [-0.05, 0) is 55.0 Å². The van der Waals surface area contributed by atoms with Gasteiger partial charge in [-0.3, -0.25) is 4.79 Å². The summed E-state index contributed by atoms with van der Waals surface area (Å²) in [5.74, 6) is 0.899. The maximum absolute atomic E-state index is 12.4. The summed E-state index contributed by atoms with van der Waals surface area (Å²) in [6.45, 7) is 1.97. The van der Waals surface area contributed by atoms with Crippen molar-refractivity contribution in [2.24, 2.45) is 0 Å². The number of rotatable bonds is 8. The first-order chi connectivity index (χ1) is 17.0. The Morgan fingerprint density at radius 1 is 1.11 bits per heavy atom. The summed E-state index contributed by atoms with van der Waals surface area (Å²) >= 11 is 12.1. The quantitative estimate of drug-likeness (QED) is 0.271. The predicted molar refractivity (Wildman–Crippen MR) is 138 cm³/mol. The molecule has 0 atom stereocenters. The highest BCUT2D eigenvalue weighted by atomic mass is 35.5. The number of allylic oxidation sites excluding steroid dienone is 1. The fraction of sp³-hybridized carbons (Fsp3) is 0.115. The number of carbonyl (C=O) groups excluding carboxylic acids is 1. The summed E-state index contributed by atoms with van der Waals surface area (Å²) in [5.41, 5.74) is 3.11. The van der Waals surface area contributed by atoms with Crippen molar-refractivity contribution in [3.63, 3.8) is 0 Å². The Morgan fingerprint density at radius 3 is 2.71 bits per heavy atom. The molecule has 176 valence electrons. The van der Waals surface area contributed by atoms with E-state index in [2.05, 4.69) is 21.4 Å². The van der Waals surface area contributed by atoms with E-state index in [-0.39, 0.29) is 11.6 Å². The molecule has 7 nitrogen and oxygen atoms in total. The number of nitriles is 1. The zero-order valence-corrected chi connectivity index (χ0v) is 20.2. The fourth-order valence-corrected chi connectivity index (χ4v) is 3.68. The molecule has 35 heavy (non-hydrogen) atoms. The number of H-pyrrole nitrogens is 1. The van der Waals surface area contributed by atoms with Crippen LogP contribution in [0.15, 0.2) is 60.7 Å². The van der Waals surface area contributed by atoms with E-state index in [0.717, 1.165) is 11.0 Å². The number of para-hydroxylation sites is 2. The number of imidazole rings is 1. The summed E-state index contributed by atoms with van der Waals surface area (Å²) in [7, 11) is 0. The largest absolute Gasteiger partial charge is 0.490 e. The Hall–Kier alpha value is -3.99. The average Bonchev–Trinajstić information content (AvgIpc) is 3.29. The second kappa shape index (κ2) is 11.0. The monoisotopic (exact) mass is 506 g/mol. The zero-order valence-electron chi connectivity index (χ0n) is 18.6. The molecule has 0 aliphatic rings. The molecule has 1 aromatic heterocycles. The molecule has 0 saturated carbocycles. The molecule has 0 unspecified atom stereocenters. The van der Waals surface area contributed by atoms with E-state index in [0.29, 0.717) is 45.8 Å². The molecular formula is C26H20Cl2N4O3. The van der Waals surface area contributed by atoms with Crippen LogP contribution in [0.4, 0.5) is 5.69 Å².